The molecule has 1 aromatic heterocycles. The van der Waals surface area contributed by atoms with Crippen LogP contribution in [0.15, 0.2) is 48.5 Å². The molecule has 0 saturated carbocycles. The SMILES string of the molecule is COc1cc(F)ccc1/C=C/COc1ccc(Cn2nnnc2C(=O)O)cc1. The van der Waals surface area contributed by atoms with Crippen molar-refractivity contribution in [2.24, 2.45) is 0 Å². The van der Waals surface area contributed by atoms with E-state index in [1.165, 1.54) is 23.9 Å². The van der Waals surface area contributed by atoms with Crippen molar-refractivity contribution >= 4 is 12.0 Å². The third-order valence-electron chi connectivity index (χ3n) is 3.82. The predicted octanol–water partition coefficient (Wildman–Crippen LogP) is 2.66. The molecule has 0 fully saturated rings. The number of carbonyl (C=O) groups is 1. The summed E-state index contributed by atoms with van der Waals surface area (Å²) in [6, 6.07) is 11.5. The van der Waals surface area contributed by atoms with E-state index in [0.29, 0.717) is 18.1 Å². The van der Waals surface area contributed by atoms with Crippen LogP contribution in [-0.2, 0) is 6.54 Å². The van der Waals surface area contributed by atoms with Gasteiger partial charge in [0, 0.05) is 11.6 Å². The highest BCUT2D eigenvalue weighted by Gasteiger charge is 2.13. The first kappa shape index (κ1) is 19.0. The van der Waals surface area contributed by atoms with E-state index in [4.69, 9.17) is 14.6 Å². The lowest BCUT2D eigenvalue weighted by molar-refractivity contribution is 0.0677. The maximum absolute atomic E-state index is 13.2. The molecular formula is C19H17FN4O4. The number of nitrogens with zero attached hydrogens (tertiary/aromatic N) is 4. The fraction of sp³-hybridized carbons (Fsp3) is 0.158. The summed E-state index contributed by atoms with van der Waals surface area (Å²) in [6.07, 6.45) is 3.58. The highest BCUT2D eigenvalue weighted by Crippen LogP contribution is 2.21. The zero-order valence-electron chi connectivity index (χ0n) is 14.9. The van der Waals surface area contributed by atoms with E-state index in [0.717, 1.165) is 11.1 Å². The molecule has 1 N–H and O–H groups in total. The standard InChI is InChI=1S/C19H17FN4O4/c1-27-17-11-15(20)7-6-14(17)3-2-10-28-16-8-4-13(5-9-16)12-24-18(19(25)26)21-22-23-24/h2-9,11H,10,12H2,1H3,(H,25,26)/b3-2+. The van der Waals surface area contributed by atoms with Crippen LogP contribution >= 0.6 is 0 Å². The number of methoxy groups -OCH3 is 1. The molecule has 28 heavy (non-hydrogen) atoms. The van der Waals surface area contributed by atoms with Gasteiger partial charge in [0.15, 0.2) is 0 Å². The van der Waals surface area contributed by atoms with Crippen molar-refractivity contribution in [3.05, 3.63) is 71.3 Å². The molecule has 2 aromatic carbocycles. The van der Waals surface area contributed by atoms with Crippen molar-refractivity contribution in [1.82, 2.24) is 20.2 Å². The normalized spacial score (nSPS) is 10.9. The van der Waals surface area contributed by atoms with Gasteiger partial charge in [-0.25, -0.2) is 13.9 Å². The van der Waals surface area contributed by atoms with E-state index in [2.05, 4.69) is 15.5 Å². The Morgan fingerprint density at radius 1 is 1.25 bits per heavy atom. The summed E-state index contributed by atoms with van der Waals surface area (Å²) >= 11 is 0. The summed E-state index contributed by atoms with van der Waals surface area (Å²) in [6.45, 7) is 0.551. The van der Waals surface area contributed by atoms with Crippen LogP contribution in [0.1, 0.15) is 21.7 Å². The van der Waals surface area contributed by atoms with Gasteiger partial charge < -0.3 is 14.6 Å². The molecule has 0 aliphatic heterocycles. The third-order valence-corrected chi connectivity index (χ3v) is 3.82. The molecule has 0 bridgehead atoms. The van der Waals surface area contributed by atoms with Gasteiger partial charge in [0.1, 0.15) is 23.9 Å². The molecule has 0 spiro atoms. The number of ether oxygens (including phenoxy) is 2. The Bertz CT molecular complexity index is 986. The second kappa shape index (κ2) is 8.76. The predicted molar refractivity (Wildman–Crippen MR) is 97.8 cm³/mol. The number of halogens is 1. The number of hydrogen-bond donors (Lipinski definition) is 1. The van der Waals surface area contributed by atoms with Crippen molar-refractivity contribution in [2.75, 3.05) is 13.7 Å². The smallest absolute Gasteiger partial charge is 0.375 e. The number of aromatic carboxylic acids is 1. The Morgan fingerprint density at radius 3 is 2.75 bits per heavy atom. The fourth-order valence-electron chi connectivity index (χ4n) is 2.47. The van der Waals surface area contributed by atoms with Crippen molar-refractivity contribution in [3.8, 4) is 11.5 Å². The molecule has 9 heteroatoms. The summed E-state index contributed by atoms with van der Waals surface area (Å²) in [7, 11) is 1.49. The zero-order chi connectivity index (χ0) is 19.9. The number of carboxylic acid groups (broad SMARTS) is 1. The summed E-state index contributed by atoms with van der Waals surface area (Å²) in [5, 5.41) is 19.5. The average molecular weight is 384 g/mol. The van der Waals surface area contributed by atoms with Crippen LogP contribution in [-0.4, -0.2) is 45.0 Å². The number of aromatic nitrogens is 4. The van der Waals surface area contributed by atoms with Crippen molar-refractivity contribution < 1.29 is 23.8 Å². The molecule has 0 aliphatic carbocycles. The minimum atomic E-state index is -1.19. The zero-order valence-corrected chi connectivity index (χ0v) is 14.9. The number of benzene rings is 2. The summed E-state index contributed by atoms with van der Waals surface area (Å²) in [5.74, 6) is -0.669. The molecule has 0 aliphatic rings. The van der Waals surface area contributed by atoms with Gasteiger partial charge in [-0.2, -0.15) is 0 Å². The molecule has 0 radical (unpaired) electrons. The second-order valence-electron chi connectivity index (χ2n) is 5.71. The van der Waals surface area contributed by atoms with Crippen LogP contribution in [0.25, 0.3) is 6.08 Å². The molecule has 0 saturated heterocycles. The van der Waals surface area contributed by atoms with E-state index < -0.39 is 5.97 Å². The first-order chi connectivity index (χ1) is 13.6. The number of tetrazole rings is 1. The minimum absolute atomic E-state index is 0.221. The van der Waals surface area contributed by atoms with E-state index in [1.54, 1.807) is 42.5 Å². The Kier molecular flexibility index (Phi) is 5.95. The Hall–Kier alpha value is -3.75. The second-order valence-corrected chi connectivity index (χ2v) is 5.71. The Balaban J connectivity index is 1.56. The third kappa shape index (κ3) is 4.70. The number of carboxylic acids is 1. The monoisotopic (exact) mass is 384 g/mol. The van der Waals surface area contributed by atoms with E-state index in [1.807, 2.05) is 0 Å². The maximum atomic E-state index is 13.2. The molecule has 8 nitrogen and oxygen atoms in total. The van der Waals surface area contributed by atoms with Crippen LogP contribution in [0.4, 0.5) is 4.39 Å². The van der Waals surface area contributed by atoms with Crippen molar-refractivity contribution in [3.63, 3.8) is 0 Å². The van der Waals surface area contributed by atoms with Gasteiger partial charge in [-0.15, -0.1) is 5.10 Å². The summed E-state index contributed by atoms with van der Waals surface area (Å²) < 4.78 is 25.2. The highest BCUT2D eigenvalue weighted by atomic mass is 19.1. The van der Waals surface area contributed by atoms with Crippen molar-refractivity contribution in [1.29, 1.82) is 0 Å². The largest absolute Gasteiger partial charge is 0.496 e. The lowest BCUT2D eigenvalue weighted by Crippen LogP contribution is -2.12. The average Bonchev–Trinajstić information content (AvgIpc) is 3.15. The summed E-state index contributed by atoms with van der Waals surface area (Å²) in [4.78, 5) is 11.0. The molecule has 3 aromatic rings. The van der Waals surface area contributed by atoms with E-state index in [9.17, 15) is 9.18 Å². The summed E-state index contributed by atoms with van der Waals surface area (Å²) in [5.41, 5.74) is 1.58. The van der Waals surface area contributed by atoms with Gasteiger partial charge in [-0.1, -0.05) is 18.2 Å². The first-order valence-electron chi connectivity index (χ1n) is 8.28. The number of hydrogen-bond acceptors (Lipinski definition) is 6. The van der Waals surface area contributed by atoms with E-state index in [-0.39, 0.29) is 18.2 Å². The number of rotatable bonds is 8. The van der Waals surface area contributed by atoms with Gasteiger partial charge in [0.2, 0.25) is 0 Å². The Labute approximate surface area is 159 Å². The first-order valence-corrected chi connectivity index (χ1v) is 8.28. The molecule has 1 heterocycles. The van der Waals surface area contributed by atoms with Crippen LogP contribution < -0.4 is 9.47 Å². The molecule has 0 unspecified atom stereocenters. The highest BCUT2D eigenvalue weighted by molar-refractivity contribution is 5.83. The molecule has 0 amide bonds. The lowest BCUT2D eigenvalue weighted by Gasteiger charge is -2.06. The van der Waals surface area contributed by atoms with Crippen LogP contribution in [0.5, 0.6) is 11.5 Å². The van der Waals surface area contributed by atoms with Gasteiger partial charge in [0.05, 0.1) is 13.7 Å². The molecule has 144 valence electrons. The lowest BCUT2D eigenvalue weighted by atomic mass is 10.2. The van der Waals surface area contributed by atoms with Crippen LogP contribution in [0.2, 0.25) is 0 Å². The molecule has 0 atom stereocenters. The Morgan fingerprint density at radius 2 is 2.04 bits per heavy atom. The van der Waals surface area contributed by atoms with Crippen molar-refractivity contribution in [2.45, 2.75) is 6.54 Å². The molecular weight excluding hydrogens is 367 g/mol. The van der Waals surface area contributed by atoms with Crippen LogP contribution in [0, 0.1) is 5.82 Å². The fourth-order valence-corrected chi connectivity index (χ4v) is 2.47. The minimum Gasteiger partial charge on any atom is -0.496 e. The van der Waals surface area contributed by atoms with E-state index >= 15 is 0 Å². The van der Waals surface area contributed by atoms with Crippen LogP contribution in [0.3, 0.4) is 0 Å². The molecule has 3 rings (SSSR count). The van der Waals surface area contributed by atoms with Gasteiger partial charge in [0.25, 0.3) is 5.82 Å². The maximum Gasteiger partial charge on any atom is 0.375 e. The van der Waals surface area contributed by atoms with Gasteiger partial charge >= 0.3 is 5.97 Å². The quantitative estimate of drug-likeness (QED) is 0.637. The van der Waals surface area contributed by atoms with Gasteiger partial charge in [-0.3, -0.25) is 0 Å². The topological polar surface area (TPSA) is 99.4 Å². The van der Waals surface area contributed by atoms with Gasteiger partial charge in [-0.05, 0) is 46.3 Å².